The van der Waals surface area contributed by atoms with Gasteiger partial charge < -0.3 is 4.57 Å². The molecule has 6 rings (SSSR count). The van der Waals surface area contributed by atoms with Gasteiger partial charge in [-0.3, -0.25) is 9.48 Å². The Balaban J connectivity index is 1.85. The van der Waals surface area contributed by atoms with Gasteiger partial charge in [0.15, 0.2) is 5.78 Å². The first-order valence-electron chi connectivity index (χ1n) is 10.7. The molecule has 0 atom stereocenters. The van der Waals surface area contributed by atoms with Gasteiger partial charge in [-0.05, 0) is 42.4 Å². The fourth-order valence-electron chi connectivity index (χ4n) is 5.66. The van der Waals surface area contributed by atoms with E-state index in [2.05, 4.69) is 48.9 Å². The molecule has 4 heteroatoms. The second-order valence-electron chi connectivity index (χ2n) is 9.04. The summed E-state index contributed by atoms with van der Waals surface area (Å²) in [7, 11) is 1.98. The van der Waals surface area contributed by atoms with Crippen LogP contribution in [-0.2, 0) is 32.9 Å². The van der Waals surface area contributed by atoms with Gasteiger partial charge in [-0.1, -0.05) is 32.0 Å². The van der Waals surface area contributed by atoms with Crippen LogP contribution in [0, 0.1) is 5.92 Å². The zero-order valence-electron chi connectivity index (χ0n) is 17.2. The van der Waals surface area contributed by atoms with E-state index < -0.39 is 0 Å². The van der Waals surface area contributed by atoms with Gasteiger partial charge in [0.2, 0.25) is 0 Å². The molecule has 0 bridgehead atoms. The van der Waals surface area contributed by atoms with Gasteiger partial charge in [-0.25, -0.2) is 0 Å². The maximum Gasteiger partial charge on any atom is 0.164 e. The first-order chi connectivity index (χ1) is 14.0. The summed E-state index contributed by atoms with van der Waals surface area (Å²) in [5, 5.41) is 7.32. The minimum absolute atomic E-state index is 0.301. The van der Waals surface area contributed by atoms with E-state index in [1.54, 1.807) is 0 Å². The van der Waals surface area contributed by atoms with Gasteiger partial charge >= 0.3 is 0 Å². The number of nitrogens with zero attached hydrogens (tertiary/aromatic N) is 3. The lowest BCUT2D eigenvalue weighted by Gasteiger charge is -2.22. The van der Waals surface area contributed by atoms with E-state index in [1.807, 2.05) is 11.7 Å². The van der Waals surface area contributed by atoms with Gasteiger partial charge in [0.05, 0.1) is 11.2 Å². The number of aryl methyl sites for hydroxylation is 4. The van der Waals surface area contributed by atoms with Crippen LogP contribution in [0.4, 0.5) is 0 Å². The Morgan fingerprint density at radius 2 is 1.83 bits per heavy atom. The van der Waals surface area contributed by atoms with Gasteiger partial charge in [0.1, 0.15) is 0 Å². The zero-order chi connectivity index (χ0) is 19.9. The molecular formula is C25H25N3O. The lowest BCUT2D eigenvalue weighted by molar-refractivity contribution is 0.0995. The topological polar surface area (TPSA) is 39.8 Å². The summed E-state index contributed by atoms with van der Waals surface area (Å²) in [4.78, 5) is 13.1. The minimum Gasteiger partial charge on any atom is -0.340 e. The molecule has 0 saturated carbocycles. The molecule has 0 aliphatic heterocycles. The summed E-state index contributed by atoms with van der Waals surface area (Å²) in [6.07, 6.45) is 5.48. The number of Topliss-reactive ketones (excluding diaryl/α,β-unsaturated/α-hetero) is 1. The van der Waals surface area contributed by atoms with Crippen LogP contribution in [0.1, 0.15) is 47.4 Å². The third-order valence-electron chi connectivity index (χ3n) is 6.63. The fourth-order valence-corrected chi connectivity index (χ4v) is 5.66. The molecule has 2 aliphatic carbocycles. The Morgan fingerprint density at radius 3 is 2.66 bits per heavy atom. The third kappa shape index (κ3) is 2.20. The summed E-state index contributed by atoms with van der Waals surface area (Å²) in [5.74, 6) is 0.854. The van der Waals surface area contributed by atoms with E-state index in [0.29, 0.717) is 18.1 Å². The average molecular weight is 383 g/mol. The van der Waals surface area contributed by atoms with Crippen LogP contribution in [0.15, 0.2) is 30.5 Å². The maximum absolute atomic E-state index is 13.1. The van der Waals surface area contributed by atoms with Gasteiger partial charge in [0.25, 0.3) is 0 Å². The highest BCUT2D eigenvalue weighted by Gasteiger charge is 2.35. The van der Waals surface area contributed by atoms with Crippen molar-refractivity contribution < 1.29 is 4.79 Å². The summed E-state index contributed by atoms with van der Waals surface area (Å²) >= 11 is 0. The van der Waals surface area contributed by atoms with E-state index in [-0.39, 0.29) is 0 Å². The SMILES string of the molecule is CC(C)Cn1c2ccccc2c2c3c(c4c(c21)CCc1nn(C)cc1-4)C(=O)CC3. The Hall–Kier alpha value is -2.88. The fraction of sp³-hybridized carbons (Fsp3) is 0.360. The van der Waals surface area contributed by atoms with E-state index in [9.17, 15) is 4.79 Å². The Labute approximate surface area is 170 Å². The number of fused-ring (bicyclic) bond motifs is 10. The van der Waals surface area contributed by atoms with E-state index in [4.69, 9.17) is 5.10 Å². The summed E-state index contributed by atoms with van der Waals surface area (Å²) < 4.78 is 4.43. The number of hydrogen-bond donors (Lipinski definition) is 0. The monoisotopic (exact) mass is 383 g/mol. The number of carbonyl (C=O) groups is 1. The Kier molecular flexibility index (Phi) is 3.41. The summed E-state index contributed by atoms with van der Waals surface area (Å²) in [6.45, 7) is 5.55. The molecule has 0 fully saturated rings. The van der Waals surface area contributed by atoms with Crippen LogP contribution in [0.25, 0.3) is 32.9 Å². The van der Waals surface area contributed by atoms with Crippen molar-refractivity contribution in [1.82, 2.24) is 14.3 Å². The lowest BCUT2D eigenvalue weighted by Crippen LogP contribution is -2.12. The highest BCUT2D eigenvalue weighted by molar-refractivity contribution is 6.20. The molecule has 0 spiro atoms. The molecule has 146 valence electrons. The van der Waals surface area contributed by atoms with Gasteiger partial charge in [-0.15, -0.1) is 0 Å². The number of benzene rings is 2. The number of ketones is 1. The van der Waals surface area contributed by atoms with Crippen LogP contribution in [0.2, 0.25) is 0 Å². The molecule has 4 aromatic rings. The predicted molar refractivity (Wildman–Crippen MR) is 117 cm³/mol. The standard InChI is InChI=1S/C25H25N3O/c1-14(2)12-28-20-7-5-4-6-15(20)23-16-9-11-21(29)24(16)22-17(25(23)28)8-10-19-18(22)13-27(3)26-19/h4-7,13-14H,8-12H2,1-3H3. The molecule has 2 aromatic heterocycles. The zero-order valence-corrected chi connectivity index (χ0v) is 17.2. The normalized spacial score (nSPS) is 15.4. The number of rotatable bonds is 2. The van der Waals surface area contributed by atoms with Crippen molar-refractivity contribution in [2.75, 3.05) is 0 Å². The molecule has 0 radical (unpaired) electrons. The van der Waals surface area contributed by atoms with Crippen molar-refractivity contribution in [3.63, 3.8) is 0 Å². The number of aromatic nitrogens is 3. The molecule has 0 saturated heterocycles. The van der Waals surface area contributed by atoms with Crippen LogP contribution in [0.3, 0.4) is 0 Å². The lowest BCUT2D eigenvalue weighted by atomic mass is 9.82. The van der Waals surface area contributed by atoms with Crippen LogP contribution >= 0.6 is 0 Å². The number of carbonyl (C=O) groups excluding carboxylic acids is 1. The smallest absolute Gasteiger partial charge is 0.164 e. The molecule has 29 heavy (non-hydrogen) atoms. The quantitative estimate of drug-likeness (QED) is 0.484. The predicted octanol–water partition coefficient (Wildman–Crippen LogP) is 5.08. The van der Waals surface area contributed by atoms with Crippen molar-refractivity contribution in [1.29, 1.82) is 0 Å². The summed E-state index contributed by atoms with van der Waals surface area (Å²) in [6, 6.07) is 8.74. The van der Waals surface area contributed by atoms with Crippen LogP contribution < -0.4 is 0 Å². The van der Waals surface area contributed by atoms with Crippen molar-refractivity contribution in [2.24, 2.45) is 13.0 Å². The Morgan fingerprint density at radius 1 is 1.03 bits per heavy atom. The maximum atomic E-state index is 13.1. The number of para-hydroxylation sites is 1. The van der Waals surface area contributed by atoms with E-state index >= 15 is 0 Å². The molecule has 2 heterocycles. The highest BCUT2D eigenvalue weighted by Crippen LogP contribution is 2.48. The molecule has 4 nitrogen and oxygen atoms in total. The molecule has 2 aromatic carbocycles. The van der Waals surface area contributed by atoms with E-state index in [0.717, 1.165) is 37.1 Å². The van der Waals surface area contributed by atoms with Gasteiger partial charge in [-0.2, -0.15) is 5.10 Å². The Bertz CT molecular complexity index is 1340. The molecular weight excluding hydrogens is 358 g/mol. The van der Waals surface area contributed by atoms with Crippen molar-refractivity contribution >= 4 is 27.6 Å². The second-order valence-corrected chi connectivity index (χ2v) is 9.04. The molecule has 0 unspecified atom stereocenters. The largest absolute Gasteiger partial charge is 0.340 e. The van der Waals surface area contributed by atoms with Crippen molar-refractivity contribution in [3.05, 3.63) is 52.8 Å². The van der Waals surface area contributed by atoms with Gasteiger partial charge in [0, 0.05) is 59.2 Å². The first kappa shape index (κ1) is 17.0. The summed E-state index contributed by atoms with van der Waals surface area (Å²) in [5.41, 5.74) is 9.73. The third-order valence-corrected chi connectivity index (χ3v) is 6.63. The van der Waals surface area contributed by atoms with Crippen LogP contribution in [0.5, 0.6) is 0 Å². The molecule has 2 aliphatic rings. The van der Waals surface area contributed by atoms with Crippen LogP contribution in [-0.4, -0.2) is 20.1 Å². The molecule has 0 N–H and O–H groups in total. The highest BCUT2D eigenvalue weighted by atomic mass is 16.1. The van der Waals surface area contributed by atoms with Crippen molar-refractivity contribution in [3.8, 4) is 11.1 Å². The molecule has 0 amide bonds. The minimum atomic E-state index is 0.301. The van der Waals surface area contributed by atoms with E-state index in [1.165, 1.54) is 44.1 Å². The second kappa shape index (κ2) is 5.82. The van der Waals surface area contributed by atoms with Crippen molar-refractivity contribution in [2.45, 2.75) is 46.1 Å². The number of hydrogen-bond acceptors (Lipinski definition) is 2. The first-order valence-corrected chi connectivity index (χ1v) is 10.7. The average Bonchev–Trinajstić information content (AvgIpc) is 3.35.